The van der Waals surface area contributed by atoms with Crippen molar-refractivity contribution in [2.24, 2.45) is 0 Å². The van der Waals surface area contributed by atoms with E-state index in [0.717, 1.165) is 19.1 Å². The zero-order valence-corrected chi connectivity index (χ0v) is 14.9. The quantitative estimate of drug-likeness (QED) is 0.763. The number of anilines is 1. The summed E-state index contributed by atoms with van der Waals surface area (Å²) in [5, 5.41) is 2.75. The minimum Gasteiger partial charge on any atom is -0.486 e. The van der Waals surface area contributed by atoms with E-state index in [2.05, 4.69) is 5.32 Å². The highest BCUT2D eigenvalue weighted by atomic mass is 32.2. The summed E-state index contributed by atoms with van der Waals surface area (Å²) in [5.41, 5.74) is 0.490. The number of carbonyl (C=O) groups is 1. The Hall–Kier alpha value is -1.96. The summed E-state index contributed by atoms with van der Waals surface area (Å²) in [6.45, 7) is 3.34. The van der Waals surface area contributed by atoms with Gasteiger partial charge in [0.05, 0.1) is 18.5 Å². The molecule has 0 atom stereocenters. The third-order valence-corrected chi connectivity index (χ3v) is 4.80. The van der Waals surface area contributed by atoms with Crippen LogP contribution in [0.2, 0.25) is 0 Å². The molecule has 1 N–H and O–H groups in total. The molecule has 2 rings (SSSR count). The number of hydrogen-bond acceptors (Lipinski definition) is 5. The lowest BCUT2D eigenvalue weighted by atomic mass is 10.2. The monoisotopic (exact) mass is 356 g/mol. The number of unbranched alkanes of at least 4 members (excludes halogenated alkanes) is 1. The van der Waals surface area contributed by atoms with Crippen molar-refractivity contribution >= 4 is 21.6 Å². The van der Waals surface area contributed by atoms with Crippen LogP contribution in [0.4, 0.5) is 5.69 Å². The lowest BCUT2D eigenvalue weighted by molar-refractivity contribution is -0.121. The number of benzene rings is 1. The summed E-state index contributed by atoms with van der Waals surface area (Å²) in [4.78, 5) is 11.6. The Kier molecular flexibility index (Phi) is 6.30. The van der Waals surface area contributed by atoms with Crippen LogP contribution in [0.3, 0.4) is 0 Å². The maximum atomic E-state index is 12.1. The Morgan fingerprint density at radius 1 is 1.25 bits per heavy atom. The van der Waals surface area contributed by atoms with E-state index in [9.17, 15) is 13.2 Å². The van der Waals surface area contributed by atoms with Gasteiger partial charge in [0.15, 0.2) is 11.5 Å². The Morgan fingerprint density at radius 2 is 1.96 bits per heavy atom. The molecule has 24 heavy (non-hydrogen) atoms. The molecule has 0 saturated carbocycles. The van der Waals surface area contributed by atoms with Crippen LogP contribution >= 0.6 is 0 Å². The number of sulfonamides is 1. The van der Waals surface area contributed by atoms with Gasteiger partial charge in [-0.15, -0.1) is 0 Å². The summed E-state index contributed by atoms with van der Waals surface area (Å²) in [6.07, 6.45) is 3.37. The number of carbonyl (C=O) groups excluding carboxylic acids is 1. The molecule has 1 aromatic rings. The summed E-state index contributed by atoms with van der Waals surface area (Å²) in [7, 11) is -3.47. The van der Waals surface area contributed by atoms with Crippen LogP contribution in [-0.4, -0.2) is 46.9 Å². The second-order valence-electron chi connectivity index (χ2n) is 5.62. The predicted octanol–water partition coefficient (Wildman–Crippen LogP) is 1.53. The molecule has 8 heteroatoms. The average molecular weight is 356 g/mol. The maximum absolute atomic E-state index is 12.1. The Balaban J connectivity index is 2.05. The van der Waals surface area contributed by atoms with Crippen molar-refractivity contribution in [1.29, 1.82) is 0 Å². The molecule has 1 amide bonds. The van der Waals surface area contributed by atoms with Crippen molar-refractivity contribution in [2.75, 3.05) is 36.9 Å². The van der Waals surface area contributed by atoms with Crippen LogP contribution in [0.5, 0.6) is 11.5 Å². The van der Waals surface area contributed by atoms with E-state index in [4.69, 9.17) is 9.47 Å². The van der Waals surface area contributed by atoms with Crippen LogP contribution in [0, 0.1) is 0 Å². The molecule has 1 aliphatic heterocycles. The van der Waals surface area contributed by atoms with Gasteiger partial charge in [-0.1, -0.05) is 13.3 Å². The van der Waals surface area contributed by atoms with Crippen molar-refractivity contribution in [3.05, 3.63) is 18.2 Å². The lowest BCUT2D eigenvalue weighted by Gasteiger charge is -2.25. The Labute approximate surface area is 143 Å². The number of nitrogens with zero attached hydrogens (tertiary/aromatic N) is 1. The van der Waals surface area contributed by atoms with Crippen LogP contribution < -0.4 is 19.1 Å². The van der Waals surface area contributed by atoms with E-state index < -0.39 is 10.0 Å². The van der Waals surface area contributed by atoms with Gasteiger partial charge in [0, 0.05) is 19.0 Å². The number of fused-ring (bicyclic) bond motifs is 1. The van der Waals surface area contributed by atoms with Crippen molar-refractivity contribution in [2.45, 2.75) is 26.2 Å². The Morgan fingerprint density at radius 3 is 2.62 bits per heavy atom. The standard InChI is InChI=1S/C16H24N2O5S/c1-3-4-5-16(19)17-8-9-18(24(2,20)21)13-6-7-14-15(12-13)23-11-10-22-14/h6-7,12H,3-5,8-11H2,1-2H3,(H,17,19). The van der Waals surface area contributed by atoms with Gasteiger partial charge in [0.25, 0.3) is 0 Å². The molecule has 1 aliphatic rings. The third kappa shape index (κ3) is 5.02. The molecule has 0 unspecified atom stereocenters. The smallest absolute Gasteiger partial charge is 0.232 e. The fourth-order valence-corrected chi connectivity index (χ4v) is 3.32. The molecule has 134 valence electrons. The van der Waals surface area contributed by atoms with Gasteiger partial charge < -0.3 is 14.8 Å². The molecule has 0 aliphatic carbocycles. The fraction of sp³-hybridized carbons (Fsp3) is 0.562. The van der Waals surface area contributed by atoms with Gasteiger partial charge in [-0.05, 0) is 18.6 Å². The van der Waals surface area contributed by atoms with Crippen molar-refractivity contribution in [3.8, 4) is 11.5 Å². The molecule has 0 bridgehead atoms. The minimum atomic E-state index is -3.47. The van der Waals surface area contributed by atoms with Gasteiger partial charge in [0.2, 0.25) is 15.9 Å². The predicted molar refractivity (Wildman–Crippen MR) is 92.2 cm³/mol. The summed E-state index contributed by atoms with van der Waals surface area (Å²) in [6, 6.07) is 5.02. The first-order valence-corrected chi connectivity index (χ1v) is 9.90. The molecule has 0 aromatic heterocycles. The highest BCUT2D eigenvalue weighted by molar-refractivity contribution is 7.92. The maximum Gasteiger partial charge on any atom is 0.232 e. The zero-order valence-electron chi connectivity index (χ0n) is 14.1. The summed E-state index contributed by atoms with van der Waals surface area (Å²) >= 11 is 0. The fourth-order valence-electron chi connectivity index (χ4n) is 2.40. The number of ether oxygens (including phenoxy) is 2. The molecule has 7 nitrogen and oxygen atoms in total. The molecule has 0 saturated heterocycles. The van der Waals surface area contributed by atoms with Crippen molar-refractivity contribution < 1.29 is 22.7 Å². The second kappa shape index (κ2) is 8.23. The minimum absolute atomic E-state index is 0.0625. The number of rotatable bonds is 8. The highest BCUT2D eigenvalue weighted by Crippen LogP contribution is 2.34. The summed E-state index contributed by atoms with van der Waals surface area (Å²) in [5.74, 6) is 1.07. The third-order valence-electron chi connectivity index (χ3n) is 3.61. The van der Waals surface area contributed by atoms with Gasteiger partial charge in [-0.25, -0.2) is 8.42 Å². The van der Waals surface area contributed by atoms with Crippen molar-refractivity contribution in [3.63, 3.8) is 0 Å². The van der Waals surface area contributed by atoms with Gasteiger partial charge >= 0.3 is 0 Å². The van der Waals surface area contributed by atoms with Gasteiger partial charge in [0.1, 0.15) is 13.2 Å². The molecular formula is C16H24N2O5S. The molecule has 0 fully saturated rings. The van der Waals surface area contributed by atoms with Crippen LogP contribution in [0.1, 0.15) is 26.2 Å². The molecule has 1 aromatic carbocycles. The van der Waals surface area contributed by atoms with Crippen LogP contribution in [0.15, 0.2) is 18.2 Å². The van der Waals surface area contributed by atoms with Crippen molar-refractivity contribution in [1.82, 2.24) is 5.32 Å². The highest BCUT2D eigenvalue weighted by Gasteiger charge is 2.20. The van der Waals surface area contributed by atoms with E-state index >= 15 is 0 Å². The lowest BCUT2D eigenvalue weighted by Crippen LogP contribution is -2.38. The topological polar surface area (TPSA) is 84.9 Å². The average Bonchev–Trinajstić information content (AvgIpc) is 2.55. The number of amides is 1. The SMILES string of the molecule is CCCCC(=O)NCCN(c1ccc2c(c1)OCCO2)S(C)(=O)=O. The molecule has 0 radical (unpaired) electrons. The normalized spacial score (nSPS) is 13.4. The molecule has 1 heterocycles. The first-order chi connectivity index (χ1) is 11.4. The summed E-state index contributed by atoms with van der Waals surface area (Å²) < 4.78 is 36.4. The van der Waals surface area contributed by atoms with E-state index in [1.165, 1.54) is 4.31 Å². The second-order valence-corrected chi connectivity index (χ2v) is 7.52. The Bertz CT molecular complexity index is 675. The number of hydrogen-bond donors (Lipinski definition) is 1. The van der Waals surface area contributed by atoms with E-state index in [0.29, 0.717) is 36.8 Å². The van der Waals surface area contributed by atoms with E-state index in [-0.39, 0.29) is 19.0 Å². The van der Waals surface area contributed by atoms with Crippen LogP contribution in [0.25, 0.3) is 0 Å². The van der Waals surface area contributed by atoms with E-state index in [1.54, 1.807) is 18.2 Å². The van der Waals surface area contributed by atoms with E-state index in [1.807, 2.05) is 6.92 Å². The zero-order chi connectivity index (χ0) is 17.6. The first kappa shape index (κ1) is 18.4. The van der Waals surface area contributed by atoms with Gasteiger partial charge in [-0.2, -0.15) is 0 Å². The molecule has 0 spiro atoms. The van der Waals surface area contributed by atoms with Crippen LogP contribution in [-0.2, 0) is 14.8 Å². The van der Waals surface area contributed by atoms with Gasteiger partial charge in [-0.3, -0.25) is 9.10 Å². The number of nitrogens with one attached hydrogen (secondary N) is 1. The molecular weight excluding hydrogens is 332 g/mol. The largest absolute Gasteiger partial charge is 0.486 e. The first-order valence-electron chi connectivity index (χ1n) is 8.06.